The van der Waals surface area contributed by atoms with Crippen molar-refractivity contribution in [1.29, 1.82) is 0 Å². The summed E-state index contributed by atoms with van der Waals surface area (Å²) in [5.41, 5.74) is 1.11. The van der Waals surface area contributed by atoms with E-state index < -0.39 is 0 Å². The highest BCUT2D eigenvalue weighted by molar-refractivity contribution is 6.30. The molecule has 98 valence electrons. The van der Waals surface area contributed by atoms with Crippen molar-refractivity contribution in [3.05, 3.63) is 34.6 Å². The fourth-order valence-electron chi connectivity index (χ4n) is 2.73. The van der Waals surface area contributed by atoms with Crippen LogP contribution in [0.15, 0.2) is 18.2 Å². The summed E-state index contributed by atoms with van der Waals surface area (Å²) in [6.45, 7) is 3.07. The maximum Gasteiger partial charge on any atom is 0.141 e. The number of rotatable bonds is 4. The fraction of sp³-hybridized carbons (Fsp3) is 0.571. The van der Waals surface area contributed by atoms with Crippen LogP contribution in [0.3, 0.4) is 0 Å². The molecule has 1 heterocycles. The molecular weight excluding hydrogens is 251 g/mol. The minimum Gasteiger partial charge on any atom is -0.315 e. The number of nitrogens with zero attached hydrogens (tertiary/aromatic N) is 1. The molecule has 2 aliphatic rings. The Kier molecular flexibility index (Phi) is 3.55. The summed E-state index contributed by atoms with van der Waals surface area (Å²) in [6, 6.07) is 6.42. The van der Waals surface area contributed by atoms with Gasteiger partial charge in [-0.25, -0.2) is 4.39 Å². The van der Waals surface area contributed by atoms with E-state index in [0.717, 1.165) is 31.2 Å². The van der Waals surface area contributed by atoms with Crippen LogP contribution in [0.1, 0.15) is 24.8 Å². The molecule has 1 unspecified atom stereocenters. The second-order valence-corrected chi connectivity index (χ2v) is 5.71. The van der Waals surface area contributed by atoms with Gasteiger partial charge in [-0.1, -0.05) is 17.7 Å². The molecule has 0 aromatic heterocycles. The third-order valence-electron chi connectivity index (χ3n) is 3.87. The van der Waals surface area contributed by atoms with Crippen LogP contribution < -0.4 is 5.32 Å². The highest BCUT2D eigenvalue weighted by Crippen LogP contribution is 2.32. The summed E-state index contributed by atoms with van der Waals surface area (Å²) in [4.78, 5) is 2.56. The number of nitrogens with one attached hydrogen (secondary N) is 1. The predicted molar refractivity (Wildman–Crippen MR) is 71.2 cm³/mol. The van der Waals surface area contributed by atoms with Crippen LogP contribution in [0.25, 0.3) is 0 Å². The minimum absolute atomic E-state index is 0.229. The second-order valence-electron chi connectivity index (χ2n) is 5.30. The Bertz CT molecular complexity index is 428. The first kappa shape index (κ1) is 12.4. The first-order valence-electron chi connectivity index (χ1n) is 6.64. The zero-order chi connectivity index (χ0) is 12.5. The van der Waals surface area contributed by atoms with E-state index >= 15 is 0 Å². The first-order valence-corrected chi connectivity index (χ1v) is 7.02. The van der Waals surface area contributed by atoms with Crippen molar-refractivity contribution in [3.63, 3.8) is 0 Å². The lowest BCUT2D eigenvalue weighted by Crippen LogP contribution is -2.38. The van der Waals surface area contributed by atoms with Crippen molar-refractivity contribution in [3.8, 4) is 0 Å². The average molecular weight is 269 g/mol. The summed E-state index contributed by atoms with van der Waals surface area (Å²) in [7, 11) is 0. The van der Waals surface area contributed by atoms with Crippen molar-refractivity contribution in [2.45, 2.75) is 37.9 Å². The van der Waals surface area contributed by atoms with Crippen LogP contribution in [0, 0.1) is 5.82 Å². The highest BCUT2D eigenvalue weighted by atomic mass is 35.5. The summed E-state index contributed by atoms with van der Waals surface area (Å²) >= 11 is 5.85. The van der Waals surface area contributed by atoms with E-state index in [1.807, 2.05) is 6.07 Å². The molecule has 1 aliphatic heterocycles. The molecule has 0 spiro atoms. The van der Waals surface area contributed by atoms with Gasteiger partial charge in [-0.05, 0) is 43.5 Å². The zero-order valence-corrected chi connectivity index (χ0v) is 11.1. The van der Waals surface area contributed by atoms with Crippen molar-refractivity contribution >= 4 is 11.6 Å². The predicted octanol–water partition coefficient (Wildman–Crippen LogP) is 2.81. The van der Waals surface area contributed by atoms with E-state index in [4.69, 9.17) is 11.6 Å². The molecule has 1 saturated carbocycles. The van der Waals surface area contributed by atoms with Gasteiger partial charge in [0, 0.05) is 25.2 Å². The zero-order valence-electron chi connectivity index (χ0n) is 10.3. The number of hydrogen-bond donors (Lipinski definition) is 1. The molecule has 0 bridgehead atoms. The Labute approximate surface area is 112 Å². The lowest BCUT2D eigenvalue weighted by molar-refractivity contribution is 0.189. The number of benzene rings is 1. The molecule has 4 heteroatoms. The van der Waals surface area contributed by atoms with Crippen molar-refractivity contribution in [2.24, 2.45) is 0 Å². The molecular formula is C14H18ClFN2. The lowest BCUT2D eigenvalue weighted by Gasteiger charge is -2.28. The smallest absolute Gasteiger partial charge is 0.141 e. The summed E-state index contributed by atoms with van der Waals surface area (Å²) in [5, 5.41) is 3.64. The van der Waals surface area contributed by atoms with Gasteiger partial charge in [0.1, 0.15) is 5.82 Å². The molecule has 18 heavy (non-hydrogen) atoms. The molecule has 1 aromatic carbocycles. The van der Waals surface area contributed by atoms with Gasteiger partial charge in [0.2, 0.25) is 0 Å². The fourth-order valence-corrected chi connectivity index (χ4v) is 2.94. The topological polar surface area (TPSA) is 15.3 Å². The second kappa shape index (κ2) is 5.16. The molecule has 2 fully saturated rings. The van der Waals surface area contributed by atoms with Crippen LogP contribution in [0.5, 0.6) is 0 Å². The molecule has 1 aromatic rings. The van der Waals surface area contributed by atoms with Crippen LogP contribution in [-0.2, 0) is 6.54 Å². The Balaban J connectivity index is 1.73. The highest BCUT2D eigenvalue weighted by Gasteiger charge is 2.34. The Morgan fingerprint density at radius 2 is 2.11 bits per heavy atom. The molecule has 2 nitrogen and oxygen atoms in total. The molecule has 1 atom stereocenters. The normalized spacial score (nSPS) is 23.8. The van der Waals surface area contributed by atoms with Gasteiger partial charge >= 0.3 is 0 Å². The summed E-state index contributed by atoms with van der Waals surface area (Å²) < 4.78 is 13.2. The van der Waals surface area contributed by atoms with Crippen molar-refractivity contribution < 1.29 is 4.39 Å². The van der Waals surface area contributed by atoms with E-state index in [2.05, 4.69) is 10.2 Å². The van der Waals surface area contributed by atoms with Crippen molar-refractivity contribution in [2.75, 3.05) is 13.1 Å². The maximum atomic E-state index is 13.2. The van der Waals surface area contributed by atoms with Gasteiger partial charge in [0.05, 0.1) is 5.02 Å². The van der Waals surface area contributed by atoms with E-state index in [0.29, 0.717) is 6.04 Å². The monoisotopic (exact) mass is 268 g/mol. The van der Waals surface area contributed by atoms with Crippen LogP contribution in [0.2, 0.25) is 5.02 Å². The van der Waals surface area contributed by atoms with Gasteiger partial charge in [-0.2, -0.15) is 0 Å². The average Bonchev–Trinajstić information content (AvgIpc) is 3.05. The molecule has 0 amide bonds. The molecule has 1 N–H and O–H groups in total. The summed E-state index contributed by atoms with van der Waals surface area (Å²) in [6.07, 6.45) is 3.81. The SMILES string of the molecule is Fc1ccc(CN(C2CC2)C2CCNC2)cc1Cl. The lowest BCUT2D eigenvalue weighted by atomic mass is 10.1. The third-order valence-corrected chi connectivity index (χ3v) is 4.16. The largest absolute Gasteiger partial charge is 0.315 e. The summed E-state index contributed by atoms with van der Waals surface area (Å²) in [5.74, 6) is -0.332. The molecule has 1 saturated heterocycles. The minimum atomic E-state index is -0.332. The van der Waals surface area contributed by atoms with Gasteiger partial charge in [0.15, 0.2) is 0 Å². The first-order chi connectivity index (χ1) is 8.74. The van der Waals surface area contributed by atoms with Crippen LogP contribution in [0.4, 0.5) is 4.39 Å². The molecule has 3 rings (SSSR count). The van der Waals surface area contributed by atoms with Gasteiger partial charge < -0.3 is 5.32 Å². The quantitative estimate of drug-likeness (QED) is 0.903. The van der Waals surface area contributed by atoms with E-state index in [-0.39, 0.29) is 10.8 Å². The van der Waals surface area contributed by atoms with E-state index in [1.165, 1.54) is 25.3 Å². The maximum absolute atomic E-state index is 13.2. The standard InChI is InChI=1S/C14H18ClFN2/c15-13-7-10(1-4-14(13)16)9-18(11-2-3-11)12-5-6-17-8-12/h1,4,7,11-12,17H,2-3,5-6,8-9H2. The van der Waals surface area contributed by atoms with Gasteiger partial charge in [-0.3, -0.25) is 4.90 Å². The molecule has 1 aliphatic carbocycles. The number of halogens is 2. The van der Waals surface area contributed by atoms with E-state index in [1.54, 1.807) is 6.07 Å². The third kappa shape index (κ3) is 2.68. The Morgan fingerprint density at radius 3 is 2.72 bits per heavy atom. The number of hydrogen-bond acceptors (Lipinski definition) is 2. The Hall–Kier alpha value is -0.640. The van der Waals surface area contributed by atoms with Gasteiger partial charge in [-0.15, -0.1) is 0 Å². The van der Waals surface area contributed by atoms with Crippen LogP contribution in [-0.4, -0.2) is 30.1 Å². The van der Waals surface area contributed by atoms with Crippen LogP contribution >= 0.6 is 11.6 Å². The Morgan fingerprint density at radius 1 is 1.28 bits per heavy atom. The van der Waals surface area contributed by atoms with Gasteiger partial charge in [0.25, 0.3) is 0 Å². The van der Waals surface area contributed by atoms with Crippen molar-refractivity contribution in [1.82, 2.24) is 10.2 Å². The van der Waals surface area contributed by atoms with E-state index in [9.17, 15) is 4.39 Å². The molecule has 0 radical (unpaired) electrons.